The Balaban J connectivity index is 1.81. The van der Waals surface area contributed by atoms with E-state index in [1.165, 1.54) is 6.07 Å². The van der Waals surface area contributed by atoms with Gasteiger partial charge in [0.1, 0.15) is 0 Å². The molecule has 2 heterocycles. The van der Waals surface area contributed by atoms with Crippen molar-refractivity contribution in [1.29, 1.82) is 0 Å². The second-order valence-corrected chi connectivity index (χ2v) is 6.34. The Morgan fingerprint density at radius 3 is 2.56 bits per heavy atom. The smallest absolute Gasteiger partial charge is 0.311 e. The fourth-order valence-corrected chi connectivity index (χ4v) is 3.03. The summed E-state index contributed by atoms with van der Waals surface area (Å²) in [5.41, 5.74) is 1.10. The van der Waals surface area contributed by atoms with Crippen molar-refractivity contribution >= 4 is 11.5 Å². The molecule has 0 aliphatic carbocycles. The third kappa shape index (κ3) is 4.52. The van der Waals surface area contributed by atoms with Crippen molar-refractivity contribution in [1.82, 2.24) is 14.8 Å². The molecule has 132 valence electrons. The van der Waals surface area contributed by atoms with Crippen molar-refractivity contribution in [2.24, 2.45) is 0 Å². The van der Waals surface area contributed by atoms with Gasteiger partial charge < -0.3 is 10.2 Å². The fourth-order valence-electron chi connectivity index (χ4n) is 3.03. The highest BCUT2D eigenvalue weighted by molar-refractivity contribution is 5.56. The molecule has 7 heteroatoms. The van der Waals surface area contributed by atoms with Crippen molar-refractivity contribution in [3.05, 3.63) is 64.3 Å². The zero-order chi connectivity index (χ0) is 17.6. The Morgan fingerprint density at radius 1 is 1.16 bits per heavy atom. The molecule has 1 atom stereocenters. The molecule has 2 aromatic rings. The van der Waals surface area contributed by atoms with Gasteiger partial charge in [-0.1, -0.05) is 30.3 Å². The second kappa shape index (κ2) is 8.04. The first kappa shape index (κ1) is 17.3. The molecular formula is C18H23N5O2. The number of benzene rings is 1. The molecule has 0 radical (unpaired) electrons. The van der Waals surface area contributed by atoms with Crippen LogP contribution >= 0.6 is 0 Å². The van der Waals surface area contributed by atoms with Crippen LogP contribution in [0.5, 0.6) is 0 Å². The maximum atomic E-state index is 11.3. The summed E-state index contributed by atoms with van der Waals surface area (Å²) in [4.78, 5) is 19.8. The summed E-state index contributed by atoms with van der Waals surface area (Å²) < 4.78 is 0. The van der Waals surface area contributed by atoms with Crippen LogP contribution in [0.2, 0.25) is 0 Å². The Bertz CT molecular complexity index is 702. The summed E-state index contributed by atoms with van der Waals surface area (Å²) in [5.74, 6) is 0.315. The number of nitrogens with one attached hydrogen (secondary N) is 1. The summed E-state index contributed by atoms with van der Waals surface area (Å²) in [6, 6.07) is 13.0. The van der Waals surface area contributed by atoms with Crippen LogP contribution in [0.15, 0.2) is 48.7 Å². The van der Waals surface area contributed by atoms with Crippen molar-refractivity contribution in [2.75, 3.05) is 45.1 Å². The van der Waals surface area contributed by atoms with Crippen LogP contribution < -0.4 is 5.32 Å². The van der Waals surface area contributed by atoms with Crippen molar-refractivity contribution in [3.8, 4) is 0 Å². The Labute approximate surface area is 147 Å². The monoisotopic (exact) mass is 341 g/mol. The molecule has 1 fully saturated rings. The molecule has 0 amide bonds. The SMILES string of the molecule is CN1CCN(C[C@H](Nc2ncccc2[N+](=O)[O-])c2ccccc2)CC1. The number of nitro groups is 1. The van der Waals surface area contributed by atoms with Crippen molar-refractivity contribution < 1.29 is 4.92 Å². The van der Waals surface area contributed by atoms with E-state index in [0.29, 0.717) is 5.82 Å². The Kier molecular flexibility index (Phi) is 5.57. The molecule has 3 rings (SSSR count). The maximum absolute atomic E-state index is 11.3. The molecule has 0 bridgehead atoms. The highest BCUT2D eigenvalue weighted by Crippen LogP contribution is 2.26. The van der Waals surface area contributed by atoms with Gasteiger partial charge in [0.2, 0.25) is 5.82 Å². The number of hydrogen-bond acceptors (Lipinski definition) is 6. The van der Waals surface area contributed by atoms with Gasteiger partial charge in [-0.15, -0.1) is 0 Å². The third-order valence-corrected chi connectivity index (χ3v) is 4.53. The van der Waals surface area contributed by atoms with E-state index in [4.69, 9.17) is 0 Å². The predicted octanol–water partition coefficient (Wildman–Crippen LogP) is 2.39. The average molecular weight is 341 g/mol. The molecule has 0 spiro atoms. The fraction of sp³-hybridized carbons (Fsp3) is 0.389. The van der Waals surface area contributed by atoms with Crippen LogP contribution in [-0.2, 0) is 0 Å². The highest BCUT2D eigenvalue weighted by Gasteiger charge is 2.23. The van der Waals surface area contributed by atoms with E-state index in [9.17, 15) is 10.1 Å². The number of anilines is 1. The van der Waals surface area contributed by atoms with Gasteiger partial charge in [-0.3, -0.25) is 15.0 Å². The van der Waals surface area contributed by atoms with Gasteiger partial charge in [0.25, 0.3) is 0 Å². The van der Waals surface area contributed by atoms with Crippen molar-refractivity contribution in [2.45, 2.75) is 6.04 Å². The summed E-state index contributed by atoms with van der Waals surface area (Å²) in [7, 11) is 2.13. The van der Waals surface area contributed by atoms with Crippen LogP contribution in [0, 0.1) is 10.1 Å². The molecule has 1 aromatic carbocycles. The quantitative estimate of drug-likeness (QED) is 0.642. The first-order valence-corrected chi connectivity index (χ1v) is 8.45. The predicted molar refractivity (Wildman–Crippen MR) is 97.6 cm³/mol. The minimum atomic E-state index is -0.396. The van der Waals surface area contributed by atoms with E-state index in [2.05, 4.69) is 27.1 Å². The number of piperazine rings is 1. The minimum absolute atomic E-state index is 0.00167. The number of likely N-dealkylation sites (N-methyl/N-ethyl adjacent to an activating group) is 1. The third-order valence-electron chi connectivity index (χ3n) is 4.53. The van der Waals surface area contributed by atoms with Gasteiger partial charge in [-0.25, -0.2) is 4.98 Å². The lowest BCUT2D eigenvalue weighted by atomic mass is 10.1. The maximum Gasteiger partial charge on any atom is 0.311 e. The normalized spacial score (nSPS) is 17.2. The summed E-state index contributed by atoms with van der Waals surface area (Å²) in [6.45, 7) is 4.83. The summed E-state index contributed by atoms with van der Waals surface area (Å²) in [6.07, 6.45) is 1.58. The molecule has 1 N–H and O–H groups in total. The number of nitrogens with zero attached hydrogens (tertiary/aromatic N) is 4. The Morgan fingerprint density at radius 2 is 1.88 bits per heavy atom. The summed E-state index contributed by atoms with van der Waals surface area (Å²) in [5, 5.41) is 14.6. The van der Waals surface area contributed by atoms with Crippen LogP contribution in [0.4, 0.5) is 11.5 Å². The number of pyridine rings is 1. The number of aromatic nitrogens is 1. The van der Waals surface area contributed by atoms with Gasteiger partial charge in [0.05, 0.1) is 11.0 Å². The molecule has 7 nitrogen and oxygen atoms in total. The van der Waals surface area contributed by atoms with Crippen LogP contribution in [-0.4, -0.2) is 59.5 Å². The number of hydrogen-bond donors (Lipinski definition) is 1. The first-order valence-electron chi connectivity index (χ1n) is 8.45. The van der Waals surface area contributed by atoms with Gasteiger partial charge in [0.15, 0.2) is 0 Å². The van der Waals surface area contributed by atoms with Crippen LogP contribution in [0.3, 0.4) is 0 Å². The van der Waals surface area contributed by atoms with E-state index >= 15 is 0 Å². The zero-order valence-electron chi connectivity index (χ0n) is 14.3. The Hall–Kier alpha value is -2.51. The van der Waals surface area contributed by atoms with E-state index in [1.54, 1.807) is 12.3 Å². The van der Waals surface area contributed by atoms with Crippen LogP contribution in [0.1, 0.15) is 11.6 Å². The van der Waals surface area contributed by atoms with Gasteiger partial charge in [-0.05, 0) is 18.7 Å². The molecule has 0 unspecified atom stereocenters. The van der Waals surface area contributed by atoms with Gasteiger partial charge >= 0.3 is 5.69 Å². The van der Waals surface area contributed by atoms with Crippen LogP contribution in [0.25, 0.3) is 0 Å². The van der Waals surface area contributed by atoms with E-state index in [0.717, 1.165) is 38.3 Å². The lowest BCUT2D eigenvalue weighted by molar-refractivity contribution is -0.384. The van der Waals surface area contributed by atoms with Gasteiger partial charge in [-0.2, -0.15) is 0 Å². The molecule has 1 aromatic heterocycles. The zero-order valence-corrected chi connectivity index (χ0v) is 14.3. The standard InChI is InChI=1S/C18H23N5O2/c1-21-10-12-22(13-11-21)14-16(15-6-3-2-4-7-15)20-18-17(23(24)25)8-5-9-19-18/h2-9,16H,10-14H2,1H3,(H,19,20)/t16-/m0/s1. The molecule has 1 saturated heterocycles. The molecular weight excluding hydrogens is 318 g/mol. The molecule has 25 heavy (non-hydrogen) atoms. The molecule has 0 saturated carbocycles. The summed E-state index contributed by atoms with van der Waals surface area (Å²) >= 11 is 0. The first-order chi connectivity index (χ1) is 12.1. The largest absolute Gasteiger partial charge is 0.356 e. The van der Waals surface area contributed by atoms with Gasteiger partial charge in [0, 0.05) is 45.0 Å². The van der Waals surface area contributed by atoms with E-state index in [1.807, 2.05) is 30.3 Å². The highest BCUT2D eigenvalue weighted by atomic mass is 16.6. The lowest BCUT2D eigenvalue weighted by Crippen LogP contribution is -2.46. The average Bonchev–Trinajstić information content (AvgIpc) is 2.64. The molecule has 1 aliphatic rings. The van der Waals surface area contributed by atoms with E-state index < -0.39 is 4.92 Å². The molecule has 1 aliphatic heterocycles. The minimum Gasteiger partial charge on any atom is -0.356 e. The number of rotatable bonds is 6. The topological polar surface area (TPSA) is 74.5 Å². The lowest BCUT2D eigenvalue weighted by Gasteiger charge is -2.35. The second-order valence-electron chi connectivity index (χ2n) is 6.34. The van der Waals surface area contributed by atoms with E-state index in [-0.39, 0.29) is 11.7 Å². The van der Waals surface area contributed by atoms with Crippen molar-refractivity contribution in [3.63, 3.8) is 0 Å².